The van der Waals surface area contributed by atoms with E-state index >= 15 is 0 Å². The fourth-order valence-electron chi connectivity index (χ4n) is 2.98. The van der Waals surface area contributed by atoms with E-state index in [1.165, 1.54) is 4.68 Å². The summed E-state index contributed by atoms with van der Waals surface area (Å²) in [4.78, 5) is 14.2. The van der Waals surface area contributed by atoms with Crippen LogP contribution < -0.4 is 5.32 Å². The van der Waals surface area contributed by atoms with Gasteiger partial charge in [0.2, 0.25) is 0 Å². The molecule has 1 N–H and O–H groups in total. The normalized spacial score (nSPS) is 11.4. The van der Waals surface area contributed by atoms with Gasteiger partial charge in [0.15, 0.2) is 5.82 Å². The number of rotatable bonds is 6. The second-order valence-electron chi connectivity index (χ2n) is 6.29. The first-order chi connectivity index (χ1) is 14.3. The highest BCUT2D eigenvalue weighted by Crippen LogP contribution is 2.24. The van der Waals surface area contributed by atoms with Gasteiger partial charge in [0.05, 0.1) is 0 Å². The number of nitrogens with one attached hydrogen (secondary N) is 1. The molecule has 0 spiro atoms. The molecule has 4 rings (SSSR count). The average Bonchev–Trinajstić information content (AvgIpc) is 3.45. The molecule has 0 aliphatic carbocycles. The van der Waals surface area contributed by atoms with E-state index in [0.29, 0.717) is 11.5 Å². The summed E-state index contributed by atoms with van der Waals surface area (Å²) in [6.07, 6.45) is 2.62. The molecule has 0 saturated heterocycles. The van der Waals surface area contributed by atoms with Crippen LogP contribution in [0.4, 0.5) is 5.69 Å². The standard InChI is InChI=1S/C22H19N5OS/c1-2-16-9-6-7-13-19(16)23-22(28)20(15-18-12-8-14-29-18)27-21(24-25-26-27)17-10-4-3-5-11-17/h3-15H,2H2,1H3,(H,23,28)/b20-15-. The number of carbonyl (C=O) groups excluding carboxylic acids is 1. The monoisotopic (exact) mass is 401 g/mol. The molecule has 1 amide bonds. The Morgan fingerprint density at radius 1 is 1.07 bits per heavy atom. The molecular formula is C22H19N5OS. The van der Waals surface area contributed by atoms with Crippen LogP contribution in [-0.2, 0) is 11.2 Å². The predicted octanol–water partition coefficient (Wildman–Crippen LogP) is 4.60. The van der Waals surface area contributed by atoms with E-state index < -0.39 is 0 Å². The number of hydrogen-bond donors (Lipinski definition) is 1. The Labute approximate surface area is 172 Å². The summed E-state index contributed by atoms with van der Waals surface area (Å²) in [5.74, 6) is 0.233. The van der Waals surface area contributed by atoms with Crippen molar-refractivity contribution in [2.24, 2.45) is 0 Å². The number of aromatic nitrogens is 4. The van der Waals surface area contributed by atoms with E-state index in [2.05, 4.69) is 27.8 Å². The Morgan fingerprint density at radius 3 is 2.62 bits per heavy atom. The van der Waals surface area contributed by atoms with E-state index in [1.807, 2.05) is 72.1 Å². The molecule has 29 heavy (non-hydrogen) atoms. The van der Waals surface area contributed by atoms with Crippen molar-refractivity contribution in [3.05, 3.63) is 82.6 Å². The van der Waals surface area contributed by atoms with Crippen molar-refractivity contribution in [3.8, 4) is 11.4 Å². The zero-order chi connectivity index (χ0) is 20.1. The molecule has 0 atom stereocenters. The van der Waals surface area contributed by atoms with Crippen LogP contribution in [-0.4, -0.2) is 26.1 Å². The summed E-state index contributed by atoms with van der Waals surface area (Å²) >= 11 is 1.54. The molecule has 144 valence electrons. The number of amides is 1. The molecule has 0 unspecified atom stereocenters. The Balaban J connectivity index is 1.76. The molecule has 4 aromatic rings. The second kappa shape index (κ2) is 8.62. The third-order valence-corrected chi connectivity index (χ3v) is 5.25. The lowest BCUT2D eigenvalue weighted by Crippen LogP contribution is -2.20. The van der Waals surface area contributed by atoms with Crippen LogP contribution in [0.25, 0.3) is 23.2 Å². The number of nitrogens with zero attached hydrogens (tertiary/aromatic N) is 4. The van der Waals surface area contributed by atoms with Gasteiger partial charge in [-0.2, -0.15) is 4.68 Å². The Hall–Kier alpha value is -3.58. The van der Waals surface area contributed by atoms with E-state index in [0.717, 1.165) is 28.1 Å². The van der Waals surface area contributed by atoms with Gasteiger partial charge in [-0.15, -0.1) is 16.4 Å². The molecule has 0 aliphatic heterocycles. The quantitative estimate of drug-likeness (QED) is 0.479. The van der Waals surface area contributed by atoms with Gasteiger partial charge in [-0.05, 0) is 46.0 Å². The molecule has 0 bridgehead atoms. The molecule has 0 aliphatic rings. The van der Waals surface area contributed by atoms with Gasteiger partial charge in [-0.3, -0.25) is 4.79 Å². The Kier molecular flexibility index (Phi) is 5.58. The van der Waals surface area contributed by atoms with Crippen molar-refractivity contribution < 1.29 is 4.79 Å². The van der Waals surface area contributed by atoms with Crippen LogP contribution >= 0.6 is 11.3 Å². The third kappa shape index (κ3) is 4.14. The Bertz CT molecular complexity index is 1130. The first kappa shape index (κ1) is 18.8. The highest BCUT2D eigenvalue weighted by molar-refractivity contribution is 7.10. The first-order valence-electron chi connectivity index (χ1n) is 9.25. The van der Waals surface area contributed by atoms with Crippen molar-refractivity contribution in [2.45, 2.75) is 13.3 Å². The molecule has 7 heteroatoms. The smallest absolute Gasteiger partial charge is 0.274 e. The van der Waals surface area contributed by atoms with Gasteiger partial charge < -0.3 is 5.32 Å². The molecule has 2 heterocycles. The van der Waals surface area contributed by atoms with Crippen molar-refractivity contribution in [1.82, 2.24) is 20.2 Å². The number of tetrazole rings is 1. The number of aryl methyl sites for hydroxylation is 1. The Morgan fingerprint density at radius 2 is 1.86 bits per heavy atom. The number of benzene rings is 2. The summed E-state index contributed by atoms with van der Waals surface area (Å²) in [7, 11) is 0. The van der Waals surface area contributed by atoms with E-state index in [1.54, 1.807) is 17.4 Å². The van der Waals surface area contributed by atoms with Gasteiger partial charge in [-0.1, -0.05) is 61.5 Å². The minimum Gasteiger partial charge on any atom is -0.320 e. The summed E-state index contributed by atoms with van der Waals surface area (Å²) in [6, 6.07) is 21.2. The summed E-state index contributed by atoms with van der Waals surface area (Å²) in [5.41, 5.74) is 3.03. The summed E-state index contributed by atoms with van der Waals surface area (Å²) in [5, 5.41) is 17.1. The fraction of sp³-hybridized carbons (Fsp3) is 0.0909. The minimum absolute atomic E-state index is 0.274. The largest absolute Gasteiger partial charge is 0.320 e. The minimum atomic E-state index is -0.274. The molecular weight excluding hydrogens is 382 g/mol. The van der Waals surface area contributed by atoms with E-state index in [4.69, 9.17) is 0 Å². The van der Waals surface area contributed by atoms with Crippen LogP contribution in [0.3, 0.4) is 0 Å². The van der Waals surface area contributed by atoms with E-state index in [9.17, 15) is 4.79 Å². The van der Waals surface area contributed by atoms with Crippen LogP contribution in [0.5, 0.6) is 0 Å². The van der Waals surface area contributed by atoms with Gasteiger partial charge in [0.25, 0.3) is 5.91 Å². The van der Waals surface area contributed by atoms with Gasteiger partial charge >= 0.3 is 0 Å². The van der Waals surface area contributed by atoms with Crippen LogP contribution in [0.1, 0.15) is 17.4 Å². The zero-order valence-electron chi connectivity index (χ0n) is 15.8. The predicted molar refractivity (Wildman–Crippen MR) is 116 cm³/mol. The van der Waals surface area contributed by atoms with Crippen LogP contribution in [0, 0.1) is 0 Å². The lowest BCUT2D eigenvalue weighted by atomic mass is 10.1. The van der Waals surface area contributed by atoms with Crippen LogP contribution in [0.2, 0.25) is 0 Å². The van der Waals surface area contributed by atoms with Crippen molar-refractivity contribution in [1.29, 1.82) is 0 Å². The molecule has 2 aromatic heterocycles. The van der Waals surface area contributed by atoms with Crippen LogP contribution in [0.15, 0.2) is 72.1 Å². The van der Waals surface area contributed by atoms with Gasteiger partial charge in [-0.25, -0.2) is 0 Å². The number of thiophene rings is 1. The van der Waals surface area contributed by atoms with Gasteiger partial charge in [0.1, 0.15) is 5.70 Å². The van der Waals surface area contributed by atoms with Crippen molar-refractivity contribution in [2.75, 3.05) is 5.32 Å². The summed E-state index contributed by atoms with van der Waals surface area (Å²) < 4.78 is 1.49. The number of para-hydroxylation sites is 1. The molecule has 0 saturated carbocycles. The highest BCUT2D eigenvalue weighted by atomic mass is 32.1. The SMILES string of the molecule is CCc1ccccc1NC(=O)/C(=C/c1cccs1)n1nnnc1-c1ccccc1. The zero-order valence-corrected chi connectivity index (χ0v) is 16.6. The molecule has 2 aromatic carbocycles. The summed E-state index contributed by atoms with van der Waals surface area (Å²) in [6.45, 7) is 2.06. The van der Waals surface area contributed by atoms with Crippen molar-refractivity contribution >= 4 is 34.7 Å². The molecule has 0 fully saturated rings. The number of carbonyl (C=O) groups is 1. The van der Waals surface area contributed by atoms with E-state index in [-0.39, 0.29) is 5.91 Å². The average molecular weight is 401 g/mol. The lowest BCUT2D eigenvalue weighted by molar-refractivity contribution is -0.111. The maximum Gasteiger partial charge on any atom is 0.274 e. The topological polar surface area (TPSA) is 72.7 Å². The maximum absolute atomic E-state index is 13.3. The highest BCUT2D eigenvalue weighted by Gasteiger charge is 2.20. The fourth-order valence-corrected chi connectivity index (χ4v) is 3.64. The number of anilines is 1. The second-order valence-corrected chi connectivity index (χ2v) is 7.27. The van der Waals surface area contributed by atoms with Crippen molar-refractivity contribution in [3.63, 3.8) is 0 Å². The number of hydrogen-bond acceptors (Lipinski definition) is 5. The molecule has 6 nitrogen and oxygen atoms in total. The third-order valence-electron chi connectivity index (χ3n) is 4.43. The lowest BCUT2D eigenvalue weighted by Gasteiger charge is -2.13. The maximum atomic E-state index is 13.3. The first-order valence-corrected chi connectivity index (χ1v) is 10.1. The molecule has 0 radical (unpaired) electrons. The van der Waals surface area contributed by atoms with Gasteiger partial charge in [0, 0.05) is 16.1 Å².